The van der Waals surface area contributed by atoms with Crippen molar-refractivity contribution in [3.05, 3.63) is 30.1 Å². The Morgan fingerprint density at radius 2 is 1.95 bits per heavy atom. The molecule has 0 aliphatic heterocycles. The Kier molecular flexibility index (Phi) is 7.60. The molecule has 1 aromatic carbocycles. The third-order valence-electron chi connectivity index (χ3n) is 2.69. The molecule has 0 saturated heterocycles. The first kappa shape index (κ1) is 16.4. The van der Waals surface area contributed by atoms with Crippen LogP contribution in [0, 0.1) is 5.82 Å². The quantitative estimate of drug-likeness (QED) is 0.737. The maximum absolute atomic E-state index is 12.7. The van der Waals surface area contributed by atoms with Gasteiger partial charge in [-0.3, -0.25) is 4.79 Å². The largest absolute Gasteiger partial charge is 0.493 e. The molecule has 0 spiro atoms. The summed E-state index contributed by atoms with van der Waals surface area (Å²) in [6, 6.07) is 5.62. The minimum absolute atomic E-state index is 0.0890. The summed E-state index contributed by atoms with van der Waals surface area (Å²) < 4.78 is 23.0. The van der Waals surface area contributed by atoms with Gasteiger partial charge in [0.15, 0.2) is 0 Å². The fourth-order valence-corrected chi connectivity index (χ4v) is 1.63. The molecule has 0 heterocycles. The molecular weight excluding hydrogens is 265 g/mol. The molecule has 1 aromatic rings. The molecule has 0 aromatic heterocycles. The highest BCUT2D eigenvalue weighted by Gasteiger charge is 2.12. The van der Waals surface area contributed by atoms with E-state index in [1.165, 1.54) is 29.2 Å². The fraction of sp³-hybridized carbons (Fsp3) is 0.500. The van der Waals surface area contributed by atoms with E-state index in [0.29, 0.717) is 18.9 Å². The van der Waals surface area contributed by atoms with E-state index < -0.39 is 0 Å². The molecule has 0 radical (unpaired) electrons. The molecule has 5 nitrogen and oxygen atoms in total. The number of aliphatic hydroxyl groups excluding tert-OH is 1. The highest BCUT2D eigenvalue weighted by Crippen LogP contribution is 2.11. The molecule has 0 aliphatic carbocycles. The Hall–Kier alpha value is -1.66. The van der Waals surface area contributed by atoms with Gasteiger partial charge in [0.1, 0.15) is 11.6 Å². The molecule has 0 fully saturated rings. The summed E-state index contributed by atoms with van der Waals surface area (Å²) in [5.74, 6) is 0.0742. The van der Waals surface area contributed by atoms with Gasteiger partial charge in [0, 0.05) is 20.2 Å². The van der Waals surface area contributed by atoms with Crippen LogP contribution in [0.1, 0.15) is 6.42 Å². The van der Waals surface area contributed by atoms with E-state index in [0.717, 1.165) is 0 Å². The van der Waals surface area contributed by atoms with E-state index in [9.17, 15) is 9.18 Å². The summed E-state index contributed by atoms with van der Waals surface area (Å²) in [7, 11) is 1.55. The lowest BCUT2D eigenvalue weighted by molar-refractivity contribution is -0.132. The first-order valence-electron chi connectivity index (χ1n) is 6.43. The Morgan fingerprint density at radius 3 is 2.55 bits per heavy atom. The van der Waals surface area contributed by atoms with Crippen molar-refractivity contribution in [1.82, 2.24) is 4.90 Å². The molecule has 1 rings (SSSR count). The van der Waals surface area contributed by atoms with Crippen LogP contribution in [0.4, 0.5) is 4.39 Å². The van der Waals surface area contributed by atoms with Crippen molar-refractivity contribution in [2.75, 3.05) is 40.0 Å². The van der Waals surface area contributed by atoms with Crippen LogP contribution in [-0.4, -0.2) is 55.9 Å². The first-order valence-corrected chi connectivity index (χ1v) is 6.43. The maximum Gasteiger partial charge on any atom is 0.226 e. The van der Waals surface area contributed by atoms with E-state index in [1.807, 2.05) is 0 Å². The van der Waals surface area contributed by atoms with Crippen LogP contribution in [0.25, 0.3) is 0 Å². The monoisotopic (exact) mass is 285 g/mol. The van der Waals surface area contributed by atoms with Crippen LogP contribution in [0.2, 0.25) is 0 Å². The number of carbonyl (C=O) groups excluding carboxylic acids is 1. The number of methoxy groups -OCH3 is 1. The van der Waals surface area contributed by atoms with Crippen molar-refractivity contribution in [1.29, 1.82) is 0 Å². The van der Waals surface area contributed by atoms with Crippen molar-refractivity contribution in [2.24, 2.45) is 0 Å². The normalized spacial score (nSPS) is 10.3. The highest BCUT2D eigenvalue weighted by atomic mass is 19.1. The molecule has 1 N–H and O–H groups in total. The average molecular weight is 285 g/mol. The number of amides is 1. The summed E-state index contributed by atoms with van der Waals surface area (Å²) in [5.41, 5.74) is 0. The number of hydrogen-bond acceptors (Lipinski definition) is 4. The lowest BCUT2D eigenvalue weighted by atomic mass is 10.3. The van der Waals surface area contributed by atoms with Gasteiger partial charge in [0.25, 0.3) is 0 Å². The standard InChI is InChI=1S/C14H20FNO4/c1-19-11-8-16(7-9-17)14(18)6-10-20-13-4-2-12(15)3-5-13/h2-5,17H,6-11H2,1H3. The lowest BCUT2D eigenvalue weighted by Gasteiger charge is -2.21. The van der Waals surface area contributed by atoms with Crippen molar-refractivity contribution >= 4 is 5.91 Å². The van der Waals surface area contributed by atoms with Crippen LogP contribution in [0.5, 0.6) is 5.75 Å². The zero-order valence-corrected chi connectivity index (χ0v) is 11.5. The van der Waals surface area contributed by atoms with Gasteiger partial charge in [0.05, 0.1) is 26.2 Å². The molecule has 0 saturated carbocycles. The molecule has 6 heteroatoms. The van der Waals surface area contributed by atoms with Gasteiger partial charge in [-0.1, -0.05) is 0 Å². The smallest absolute Gasteiger partial charge is 0.226 e. The van der Waals surface area contributed by atoms with Gasteiger partial charge in [0.2, 0.25) is 5.91 Å². The number of nitrogens with zero attached hydrogens (tertiary/aromatic N) is 1. The van der Waals surface area contributed by atoms with Gasteiger partial charge < -0.3 is 19.5 Å². The molecule has 112 valence electrons. The maximum atomic E-state index is 12.7. The van der Waals surface area contributed by atoms with E-state index in [1.54, 1.807) is 7.11 Å². The van der Waals surface area contributed by atoms with Crippen LogP contribution < -0.4 is 4.74 Å². The third-order valence-corrected chi connectivity index (χ3v) is 2.69. The van der Waals surface area contributed by atoms with Gasteiger partial charge in [-0.25, -0.2) is 4.39 Å². The molecule has 0 aliphatic rings. The van der Waals surface area contributed by atoms with E-state index in [2.05, 4.69) is 0 Å². The van der Waals surface area contributed by atoms with E-state index >= 15 is 0 Å². The van der Waals surface area contributed by atoms with E-state index in [4.69, 9.17) is 14.6 Å². The molecular formula is C14H20FNO4. The summed E-state index contributed by atoms with van der Waals surface area (Å²) >= 11 is 0. The van der Waals surface area contributed by atoms with Crippen molar-refractivity contribution in [3.8, 4) is 5.75 Å². The fourth-order valence-electron chi connectivity index (χ4n) is 1.63. The van der Waals surface area contributed by atoms with E-state index in [-0.39, 0.29) is 37.9 Å². The zero-order valence-electron chi connectivity index (χ0n) is 11.5. The molecule has 0 unspecified atom stereocenters. The zero-order chi connectivity index (χ0) is 14.8. The van der Waals surface area contributed by atoms with Crippen LogP contribution in [0.15, 0.2) is 24.3 Å². The minimum Gasteiger partial charge on any atom is -0.493 e. The summed E-state index contributed by atoms with van der Waals surface area (Å²) in [4.78, 5) is 13.4. The average Bonchev–Trinajstić information content (AvgIpc) is 2.45. The first-order chi connectivity index (χ1) is 9.67. The molecule has 0 bridgehead atoms. The molecule has 1 amide bonds. The number of carbonyl (C=O) groups is 1. The predicted octanol–water partition coefficient (Wildman–Crippen LogP) is 1.06. The SMILES string of the molecule is COCCN(CCO)C(=O)CCOc1ccc(F)cc1. The minimum atomic E-state index is -0.331. The Morgan fingerprint density at radius 1 is 1.25 bits per heavy atom. The summed E-state index contributed by atoms with van der Waals surface area (Å²) in [6.07, 6.45) is 0.196. The number of rotatable bonds is 9. The number of aliphatic hydroxyl groups is 1. The van der Waals surface area contributed by atoms with Gasteiger partial charge in [-0.15, -0.1) is 0 Å². The second-order valence-electron chi connectivity index (χ2n) is 4.15. The molecule has 0 atom stereocenters. The Labute approximate surface area is 117 Å². The summed E-state index contributed by atoms with van der Waals surface area (Å²) in [5, 5.41) is 8.91. The number of hydrogen-bond donors (Lipinski definition) is 1. The second-order valence-corrected chi connectivity index (χ2v) is 4.15. The van der Waals surface area contributed by atoms with Crippen LogP contribution in [0.3, 0.4) is 0 Å². The van der Waals surface area contributed by atoms with Crippen LogP contribution in [-0.2, 0) is 9.53 Å². The molecule has 20 heavy (non-hydrogen) atoms. The topological polar surface area (TPSA) is 59.0 Å². The number of benzene rings is 1. The summed E-state index contributed by atoms with van der Waals surface area (Å²) in [6.45, 7) is 1.25. The van der Waals surface area contributed by atoms with Gasteiger partial charge in [-0.2, -0.15) is 0 Å². The number of halogens is 1. The number of ether oxygens (including phenoxy) is 2. The predicted molar refractivity (Wildman–Crippen MR) is 72.1 cm³/mol. The highest BCUT2D eigenvalue weighted by molar-refractivity contribution is 5.76. The lowest BCUT2D eigenvalue weighted by Crippen LogP contribution is -2.36. The van der Waals surface area contributed by atoms with Crippen molar-refractivity contribution in [3.63, 3.8) is 0 Å². The Balaban J connectivity index is 2.34. The third kappa shape index (κ3) is 5.99. The van der Waals surface area contributed by atoms with Crippen molar-refractivity contribution < 1.29 is 23.8 Å². The van der Waals surface area contributed by atoms with Gasteiger partial charge in [-0.05, 0) is 24.3 Å². The van der Waals surface area contributed by atoms with Crippen molar-refractivity contribution in [2.45, 2.75) is 6.42 Å². The Bertz CT molecular complexity index is 397. The second kappa shape index (κ2) is 9.28. The van der Waals surface area contributed by atoms with Gasteiger partial charge >= 0.3 is 0 Å². The van der Waals surface area contributed by atoms with Crippen LogP contribution >= 0.6 is 0 Å².